The number of hydrogen-bond acceptors (Lipinski definition) is 0. The number of benzene rings is 8. The molecular formula is C42H32. The standard InChI is InChI=1S/C42H32/c1-42(2,3)41-29-17-8-7-16-28(29)26-38-30-22-13-23-32(31(30)24-25-37(38)41)40-35-20-11-9-18-33(35)39(27-14-5-4-6-15-27)34-19-10-12-21-36(34)40/h4-26H,1-3H3. The minimum Gasteiger partial charge on any atom is -0.0622 e. The third-order valence-corrected chi connectivity index (χ3v) is 8.92. The molecule has 0 atom stereocenters. The second-order valence-corrected chi connectivity index (χ2v) is 12.5. The van der Waals surface area contributed by atoms with Crippen LogP contribution in [0.15, 0.2) is 140 Å². The maximum atomic E-state index is 2.40. The van der Waals surface area contributed by atoms with Gasteiger partial charge in [0.15, 0.2) is 0 Å². The SMILES string of the molecule is CC(C)(C)c1c2ccccc2cc2c1ccc1c(-c3c4ccccc4c(-c4ccccc4)c4ccccc34)cccc12. The first-order valence-electron chi connectivity index (χ1n) is 14.9. The summed E-state index contributed by atoms with van der Waals surface area (Å²) in [5, 5.41) is 13.1. The van der Waals surface area contributed by atoms with E-state index in [1.165, 1.54) is 81.7 Å². The van der Waals surface area contributed by atoms with E-state index in [1.54, 1.807) is 0 Å². The molecule has 0 N–H and O–H groups in total. The molecule has 0 nitrogen and oxygen atoms in total. The van der Waals surface area contributed by atoms with Crippen LogP contribution in [0.2, 0.25) is 0 Å². The van der Waals surface area contributed by atoms with Gasteiger partial charge in [0.05, 0.1) is 0 Å². The highest BCUT2D eigenvalue weighted by Gasteiger charge is 2.22. The fourth-order valence-electron chi connectivity index (χ4n) is 7.27. The van der Waals surface area contributed by atoms with E-state index in [0.717, 1.165) is 0 Å². The first-order chi connectivity index (χ1) is 20.5. The minimum absolute atomic E-state index is 0.0179. The molecule has 0 unspecified atom stereocenters. The molecular weight excluding hydrogens is 504 g/mol. The Morgan fingerprint density at radius 1 is 0.357 bits per heavy atom. The second kappa shape index (κ2) is 9.29. The molecule has 0 saturated carbocycles. The molecule has 0 aliphatic rings. The fourth-order valence-corrected chi connectivity index (χ4v) is 7.27. The number of hydrogen-bond donors (Lipinski definition) is 0. The van der Waals surface area contributed by atoms with Gasteiger partial charge < -0.3 is 0 Å². The Morgan fingerprint density at radius 3 is 1.52 bits per heavy atom. The molecule has 0 fully saturated rings. The smallest absolute Gasteiger partial charge is 0.00201 e. The molecule has 0 bridgehead atoms. The average Bonchev–Trinajstić information content (AvgIpc) is 3.02. The van der Waals surface area contributed by atoms with Crippen molar-refractivity contribution in [2.24, 2.45) is 0 Å². The predicted octanol–water partition coefficient (Wildman–Crippen LogP) is 12.1. The predicted molar refractivity (Wildman–Crippen MR) is 184 cm³/mol. The van der Waals surface area contributed by atoms with Gasteiger partial charge in [-0.05, 0) is 93.2 Å². The zero-order valence-electron chi connectivity index (χ0n) is 24.3. The summed E-state index contributed by atoms with van der Waals surface area (Å²) >= 11 is 0. The Labute approximate surface area is 246 Å². The van der Waals surface area contributed by atoms with Crippen molar-refractivity contribution in [3.8, 4) is 22.3 Å². The summed E-state index contributed by atoms with van der Waals surface area (Å²) in [5.41, 5.74) is 6.59. The van der Waals surface area contributed by atoms with Crippen LogP contribution in [-0.2, 0) is 5.41 Å². The fraction of sp³-hybridized carbons (Fsp3) is 0.0952. The van der Waals surface area contributed by atoms with Gasteiger partial charge in [-0.3, -0.25) is 0 Å². The topological polar surface area (TPSA) is 0 Å². The Balaban J connectivity index is 1.52. The molecule has 42 heavy (non-hydrogen) atoms. The van der Waals surface area contributed by atoms with E-state index in [0.29, 0.717) is 0 Å². The van der Waals surface area contributed by atoms with Gasteiger partial charge in [0.25, 0.3) is 0 Å². The Bertz CT molecular complexity index is 2260. The Hall–Kier alpha value is -4.94. The van der Waals surface area contributed by atoms with Gasteiger partial charge >= 0.3 is 0 Å². The van der Waals surface area contributed by atoms with Crippen LogP contribution in [0.3, 0.4) is 0 Å². The maximum Gasteiger partial charge on any atom is -0.00201 e. The first kappa shape index (κ1) is 24.8. The van der Waals surface area contributed by atoms with Gasteiger partial charge in [-0.15, -0.1) is 0 Å². The average molecular weight is 537 g/mol. The zero-order valence-corrected chi connectivity index (χ0v) is 24.3. The lowest BCUT2D eigenvalue weighted by molar-refractivity contribution is 0.601. The van der Waals surface area contributed by atoms with Crippen molar-refractivity contribution in [3.05, 3.63) is 145 Å². The third-order valence-electron chi connectivity index (χ3n) is 8.92. The Kier molecular flexibility index (Phi) is 5.49. The van der Waals surface area contributed by atoms with Crippen LogP contribution < -0.4 is 0 Å². The van der Waals surface area contributed by atoms with Crippen LogP contribution >= 0.6 is 0 Å². The van der Waals surface area contributed by atoms with Crippen molar-refractivity contribution in [1.29, 1.82) is 0 Å². The van der Waals surface area contributed by atoms with Gasteiger partial charge in [0, 0.05) is 0 Å². The molecule has 0 saturated heterocycles. The van der Waals surface area contributed by atoms with Crippen LogP contribution in [0, 0.1) is 0 Å². The van der Waals surface area contributed by atoms with Crippen molar-refractivity contribution in [1.82, 2.24) is 0 Å². The summed E-state index contributed by atoms with van der Waals surface area (Å²) in [6.07, 6.45) is 0. The maximum absolute atomic E-state index is 2.40. The summed E-state index contributed by atoms with van der Waals surface area (Å²) in [5.74, 6) is 0. The molecule has 0 aliphatic heterocycles. The highest BCUT2D eigenvalue weighted by Crippen LogP contribution is 2.47. The van der Waals surface area contributed by atoms with E-state index >= 15 is 0 Å². The van der Waals surface area contributed by atoms with E-state index in [2.05, 4.69) is 160 Å². The Morgan fingerprint density at radius 2 is 0.881 bits per heavy atom. The lowest BCUT2D eigenvalue weighted by Crippen LogP contribution is -2.12. The van der Waals surface area contributed by atoms with E-state index in [4.69, 9.17) is 0 Å². The lowest BCUT2D eigenvalue weighted by Gasteiger charge is -2.25. The highest BCUT2D eigenvalue weighted by atomic mass is 14.3. The second-order valence-electron chi connectivity index (χ2n) is 12.5. The summed E-state index contributed by atoms with van der Waals surface area (Å²) in [4.78, 5) is 0. The van der Waals surface area contributed by atoms with Gasteiger partial charge in [-0.25, -0.2) is 0 Å². The molecule has 0 radical (unpaired) electrons. The summed E-state index contributed by atoms with van der Waals surface area (Å²) in [7, 11) is 0. The van der Waals surface area contributed by atoms with Gasteiger partial charge in [-0.1, -0.05) is 154 Å². The molecule has 0 aliphatic carbocycles. The zero-order chi connectivity index (χ0) is 28.4. The van der Waals surface area contributed by atoms with Crippen molar-refractivity contribution >= 4 is 53.9 Å². The quantitative estimate of drug-likeness (QED) is 0.152. The summed E-state index contributed by atoms with van der Waals surface area (Å²) in [6.45, 7) is 7.00. The van der Waals surface area contributed by atoms with Gasteiger partial charge in [0.2, 0.25) is 0 Å². The van der Waals surface area contributed by atoms with Crippen LogP contribution in [0.4, 0.5) is 0 Å². The van der Waals surface area contributed by atoms with Crippen molar-refractivity contribution < 1.29 is 0 Å². The minimum atomic E-state index is 0.0179. The highest BCUT2D eigenvalue weighted by molar-refractivity contribution is 6.25. The van der Waals surface area contributed by atoms with E-state index in [1.807, 2.05) is 0 Å². The van der Waals surface area contributed by atoms with Gasteiger partial charge in [0.1, 0.15) is 0 Å². The van der Waals surface area contributed by atoms with Crippen LogP contribution in [-0.4, -0.2) is 0 Å². The summed E-state index contributed by atoms with van der Waals surface area (Å²) in [6, 6.07) is 51.6. The molecule has 8 aromatic rings. The van der Waals surface area contributed by atoms with E-state index in [-0.39, 0.29) is 5.41 Å². The number of rotatable bonds is 2. The monoisotopic (exact) mass is 536 g/mol. The number of fused-ring (bicyclic) bond motifs is 6. The molecule has 0 heterocycles. The van der Waals surface area contributed by atoms with Gasteiger partial charge in [-0.2, -0.15) is 0 Å². The molecule has 0 spiro atoms. The van der Waals surface area contributed by atoms with Crippen molar-refractivity contribution in [2.45, 2.75) is 26.2 Å². The molecule has 8 aromatic carbocycles. The van der Waals surface area contributed by atoms with Crippen LogP contribution in [0.5, 0.6) is 0 Å². The molecule has 0 heteroatoms. The van der Waals surface area contributed by atoms with E-state index < -0.39 is 0 Å². The van der Waals surface area contributed by atoms with E-state index in [9.17, 15) is 0 Å². The third kappa shape index (κ3) is 3.68. The molecule has 0 amide bonds. The molecule has 8 rings (SSSR count). The lowest BCUT2D eigenvalue weighted by atomic mass is 9.79. The molecule has 200 valence electrons. The normalized spacial score (nSPS) is 12.2. The van der Waals surface area contributed by atoms with Crippen molar-refractivity contribution in [2.75, 3.05) is 0 Å². The first-order valence-corrected chi connectivity index (χ1v) is 14.9. The van der Waals surface area contributed by atoms with Crippen LogP contribution in [0.1, 0.15) is 26.3 Å². The van der Waals surface area contributed by atoms with Crippen molar-refractivity contribution in [3.63, 3.8) is 0 Å². The summed E-state index contributed by atoms with van der Waals surface area (Å²) < 4.78 is 0. The van der Waals surface area contributed by atoms with Crippen LogP contribution in [0.25, 0.3) is 76.1 Å². The molecule has 0 aromatic heterocycles. The largest absolute Gasteiger partial charge is 0.0622 e.